The first-order valence-electron chi connectivity index (χ1n) is 35.8. The highest BCUT2D eigenvalue weighted by Crippen LogP contribution is 2.38. The van der Waals surface area contributed by atoms with E-state index in [1.54, 1.807) is 11.8 Å². The van der Waals surface area contributed by atoms with Gasteiger partial charge in [-0.3, -0.25) is 57.5 Å². The number of alkyl halides is 3. The third kappa shape index (κ3) is 20.8. The maximum absolute atomic E-state index is 15.8. The molecule has 99 heavy (non-hydrogen) atoms. The van der Waals surface area contributed by atoms with Gasteiger partial charge in [0.15, 0.2) is 0 Å². The molecule has 1 spiro atoms. The summed E-state index contributed by atoms with van der Waals surface area (Å²) < 4.78 is 41.5. The number of nitrogens with one attached hydrogen (secondary N) is 3. The molecule has 3 heterocycles. The number of carbonyl (C=O) groups excluding carboxylic acids is 12. The number of piperidine rings is 1. The van der Waals surface area contributed by atoms with Crippen molar-refractivity contribution in [1.29, 1.82) is 0 Å². The quantitative estimate of drug-likeness (QED) is 0.191. The predicted molar refractivity (Wildman–Crippen MR) is 367 cm³/mol. The first kappa shape index (κ1) is 80.9. The van der Waals surface area contributed by atoms with Gasteiger partial charge in [-0.25, -0.2) is 0 Å². The third-order valence-corrected chi connectivity index (χ3v) is 21.5. The maximum Gasteiger partial charge on any atom is 0.417 e. The number of halogens is 4. The molecule has 8 atom stereocenters. The van der Waals surface area contributed by atoms with Crippen LogP contribution in [0.1, 0.15) is 187 Å². The van der Waals surface area contributed by atoms with Crippen molar-refractivity contribution in [1.82, 2.24) is 60.0 Å². The van der Waals surface area contributed by atoms with Gasteiger partial charge in [0.2, 0.25) is 70.9 Å². The Morgan fingerprint density at radius 3 is 1.85 bits per heavy atom. The van der Waals surface area contributed by atoms with Crippen molar-refractivity contribution in [2.75, 3.05) is 88.6 Å². The van der Waals surface area contributed by atoms with Crippen LogP contribution < -0.4 is 16.0 Å². The van der Waals surface area contributed by atoms with Gasteiger partial charge in [-0.15, -0.1) is 0 Å². The number of unbranched alkanes of at least 4 members (excludes halogenated alkanes) is 2. The molecule has 0 bridgehead atoms. The highest BCUT2D eigenvalue weighted by atomic mass is 35.5. The van der Waals surface area contributed by atoms with Crippen LogP contribution >= 0.6 is 11.6 Å². The molecule has 6 rings (SSSR count). The zero-order valence-corrected chi connectivity index (χ0v) is 61.2. The molecule has 2 saturated carbocycles. The van der Waals surface area contributed by atoms with Crippen molar-refractivity contribution in [2.45, 2.75) is 236 Å². The van der Waals surface area contributed by atoms with Crippen LogP contribution in [0.15, 0.2) is 18.2 Å². The molecule has 2 aliphatic carbocycles. The molecule has 1 unspecified atom stereocenters. The van der Waals surface area contributed by atoms with Crippen molar-refractivity contribution in [3.8, 4) is 0 Å². The Kier molecular flexibility index (Phi) is 29.8. The fourth-order valence-corrected chi connectivity index (χ4v) is 15.1. The summed E-state index contributed by atoms with van der Waals surface area (Å²) >= 11 is 6.14. The molecule has 3 aliphatic heterocycles. The lowest BCUT2D eigenvalue weighted by molar-refractivity contribution is -0.157. The summed E-state index contributed by atoms with van der Waals surface area (Å²) in [6.45, 7) is 8.37. The average molecular weight is 1420 g/mol. The van der Waals surface area contributed by atoms with Gasteiger partial charge in [0.25, 0.3) is 0 Å². The van der Waals surface area contributed by atoms with Gasteiger partial charge in [0.05, 0.1) is 36.6 Å². The van der Waals surface area contributed by atoms with Crippen molar-refractivity contribution < 1.29 is 70.7 Å². The van der Waals surface area contributed by atoms with Crippen molar-refractivity contribution in [3.63, 3.8) is 0 Å². The third-order valence-electron chi connectivity index (χ3n) is 21.2. The normalized spacial score (nSPS) is 26.0. The van der Waals surface area contributed by atoms with Crippen LogP contribution in [0, 0.1) is 17.8 Å². The zero-order valence-electron chi connectivity index (χ0n) is 60.4. The Labute approximate surface area is 587 Å². The zero-order chi connectivity index (χ0) is 73.4. The van der Waals surface area contributed by atoms with Gasteiger partial charge >= 0.3 is 6.18 Å². The molecule has 28 heteroatoms. The molecule has 3 saturated heterocycles. The van der Waals surface area contributed by atoms with Gasteiger partial charge < -0.3 is 60.0 Å². The lowest BCUT2D eigenvalue weighted by atomic mass is 9.81. The molecule has 5 aliphatic rings. The molecule has 3 N–H and O–H groups in total. The lowest BCUT2D eigenvalue weighted by Gasteiger charge is -2.43. The van der Waals surface area contributed by atoms with E-state index in [4.69, 9.17) is 11.6 Å². The number of nitrogens with zero attached hydrogens (tertiary/aromatic N) is 9. The first-order chi connectivity index (χ1) is 46.7. The number of rotatable bonds is 13. The van der Waals surface area contributed by atoms with E-state index in [2.05, 4.69) is 16.0 Å². The second kappa shape index (κ2) is 36.5. The molecular weight excluding hydrogens is 1310 g/mol. The fourth-order valence-electron chi connectivity index (χ4n) is 14.8. The van der Waals surface area contributed by atoms with Gasteiger partial charge in [0, 0.05) is 69.0 Å². The van der Waals surface area contributed by atoms with Crippen molar-refractivity contribution in [3.05, 3.63) is 34.3 Å². The topological polar surface area (TPSA) is 270 Å². The SMILES string of the molecule is CCCCC[C@H]1C(=O)N(C)CC(=O)N[C@@H](CCc2ccc(C(F)(F)F)c(Cl)c2)C(=O)N2CCCC2C(=O)NC2(CCCC2)C(=O)N(C)[C@@H](C2CCCCC2)C(=O)N(C)[C@H](C(=O)N2CCCCC2)CC(=O)N(C)[C@@H](CC(C)C)C(=O)N[C@@H]([C@@H](C)CC)C(=O)N(C)CC(=O)N(C)CC(=O)N1C. The summed E-state index contributed by atoms with van der Waals surface area (Å²) in [4.78, 5) is 190. The number of hydrogen-bond donors (Lipinski definition) is 3. The Balaban J connectivity index is 1.44. The number of hydrogen-bond acceptors (Lipinski definition) is 12. The number of likely N-dealkylation sites (N-methyl/N-ethyl adjacent to an activating group) is 7. The van der Waals surface area contributed by atoms with E-state index in [9.17, 15) is 41.9 Å². The number of likely N-dealkylation sites (tertiary alicyclic amines) is 1. The van der Waals surface area contributed by atoms with E-state index in [0.717, 1.165) is 58.9 Å². The molecule has 0 radical (unpaired) electrons. The predicted octanol–water partition coefficient (Wildman–Crippen LogP) is 6.03. The van der Waals surface area contributed by atoms with Crippen LogP contribution in [0.5, 0.6) is 0 Å². The molecule has 0 aromatic heterocycles. The summed E-state index contributed by atoms with van der Waals surface area (Å²) in [5.74, 6) is -8.81. The Bertz CT molecular complexity index is 3050. The molecular formula is C71H110ClF3N12O12. The number of benzene rings is 1. The molecule has 12 amide bonds. The molecule has 24 nitrogen and oxygen atoms in total. The molecule has 554 valence electrons. The summed E-state index contributed by atoms with van der Waals surface area (Å²) in [7, 11) is 9.93. The van der Waals surface area contributed by atoms with Gasteiger partial charge in [0.1, 0.15) is 47.8 Å². The molecule has 5 fully saturated rings. The highest BCUT2D eigenvalue weighted by Gasteiger charge is 2.51. The number of fused-ring (bicyclic) bond motifs is 1. The van der Waals surface area contributed by atoms with Crippen LogP contribution in [0.25, 0.3) is 0 Å². The summed E-state index contributed by atoms with van der Waals surface area (Å²) in [5.41, 5.74) is -2.34. The molecule has 1 aromatic carbocycles. The van der Waals surface area contributed by atoms with Crippen LogP contribution in [0.4, 0.5) is 13.2 Å². The minimum Gasteiger partial charge on any atom is -0.343 e. The Hall–Kier alpha value is -7.06. The number of aryl methyl sites for hydroxylation is 1. The van der Waals surface area contributed by atoms with Gasteiger partial charge in [-0.1, -0.05) is 110 Å². The number of carbonyl (C=O) groups is 12. The van der Waals surface area contributed by atoms with Crippen molar-refractivity contribution >= 4 is 82.5 Å². The standard InChI is InChI=1S/C71H110ClF3N12O12/c1-13-15-18-28-53-65(95)80(7)42-56(88)76-51(33-31-47-30-32-49(50(72)40-47)71(73,74)75)64(94)87-38-25-29-52(87)63(93)78-70(34-21-22-35-70)69(99)85(12)61(48-26-19-16-20-27-48)68(98)84(11)55(66(96)86-36-23-17-24-37-86)41-57(89)83(10)54(39-45(3)4)62(92)77-60(46(5)14-2)67(97)81(8)43-58(90)79(6)44-59(91)82(53)9/h30,32,40,45-46,48,51-55,60-61H,13-29,31,33-39,41-44H2,1-12H3,(H,76,88)(H,77,92)(H,78,93)/t46-,51-,52?,53-,54-,55-,60-,61-/m0/s1. The summed E-state index contributed by atoms with van der Waals surface area (Å²) in [6.07, 6.45) is 4.61. The average Bonchev–Trinajstić information content (AvgIpc) is 1.75. The summed E-state index contributed by atoms with van der Waals surface area (Å²) in [5, 5.41) is 8.14. The Morgan fingerprint density at radius 1 is 0.626 bits per heavy atom. The lowest BCUT2D eigenvalue weighted by Crippen LogP contribution is -2.65. The van der Waals surface area contributed by atoms with E-state index < -0.39 is 173 Å². The Morgan fingerprint density at radius 2 is 1.24 bits per heavy atom. The second-order valence-corrected chi connectivity index (χ2v) is 29.3. The highest BCUT2D eigenvalue weighted by molar-refractivity contribution is 6.31. The second-order valence-electron chi connectivity index (χ2n) is 28.9. The van der Waals surface area contributed by atoms with E-state index >= 15 is 28.8 Å². The van der Waals surface area contributed by atoms with Gasteiger partial charge in [-0.2, -0.15) is 13.2 Å². The van der Waals surface area contributed by atoms with Crippen LogP contribution in [-0.2, 0) is 70.1 Å². The largest absolute Gasteiger partial charge is 0.417 e. The van der Waals surface area contributed by atoms with Crippen LogP contribution in [-0.4, -0.2) is 251 Å². The maximum atomic E-state index is 15.8. The van der Waals surface area contributed by atoms with Crippen LogP contribution in [0.2, 0.25) is 5.02 Å². The minimum atomic E-state index is -4.76. The van der Waals surface area contributed by atoms with Crippen LogP contribution in [0.3, 0.4) is 0 Å². The van der Waals surface area contributed by atoms with E-state index in [0.29, 0.717) is 82.9 Å². The van der Waals surface area contributed by atoms with E-state index in [1.165, 1.54) is 79.9 Å². The first-order valence-corrected chi connectivity index (χ1v) is 36.2. The van der Waals surface area contributed by atoms with Crippen molar-refractivity contribution in [2.24, 2.45) is 17.8 Å². The summed E-state index contributed by atoms with van der Waals surface area (Å²) in [6, 6.07) is -5.56. The smallest absolute Gasteiger partial charge is 0.343 e. The van der Waals surface area contributed by atoms with E-state index in [1.807, 2.05) is 27.7 Å². The van der Waals surface area contributed by atoms with E-state index in [-0.39, 0.29) is 57.4 Å². The monoisotopic (exact) mass is 1410 g/mol. The molecule has 1 aromatic rings. The minimum absolute atomic E-state index is 0.0362. The fraction of sp³-hybridized carbons (Fsp3) is 0.746. The van der Waals surface area contributed by atoms with Gasteiger partial charge in [-0.05, 0) is 119 Å². The number of amides is 12.